The normalized spacial score (nSPS) is 15.1. The van der Waals surface area contributed by atoms with Crippen molar-refractivity contribution >= 4 is 33.0 Å². The van der Waals surface area contributed by atoms with Gasteiger partial charge >= 0.3 is 5.51 Å². The lowest BCUT2D eigenvalue weighted by atomic mass is 10.2. The quantitative estimate of drug-likeness (QED) is 0.393. The predicted molar refractivity (Wildman–Crippen MR) is 81.8 cm³/mol. The molecule has 14 heteroatoms. The maximum atomic E-state index is 12.6. The minimum Gasteiger partial charge on any atom is -0.395 e. The Labute approximate surface area is 148 Å². The molecule has 1 heterocycles. The minimum absolute atomic E-state index is 0.193. The number of sulfone groups is 1. The van der Waals surface area contributed by atoms with E-state index in [1.165, 1.54) is 0 Å². The standard InChI is InChI=1S/C13H10F3N3O7S/c14-13(15,16)27(25,26)7-1-2-8(10(5-7)19(23)24)17-9-6-11(21)18(3-4-20)12(9)22/h1-2,5-6,17,20H,3-4H2. The third-order valence-electron chi connectivity index (χ3n) is 3.38. The summed E-state index contributed by atoms with van der Waals surface area (Å²) in [4.78, 5) is 32.9. The number of carbonyl (C=O) groups excluding carboxylic acids is 2. The van der Waals surface area contributed by atoms with E-state index in [1.54, 1.807) is 0 Å². The molecule has 0 aromatic heterocycles. The van der Waals surface area contributed by atoms with Gasteiger partial charge in [-0.15, -0.1) is 0 Å². The highest BCUT2D eigenvalue weighted by Crippen LogP contribution is 2.35. The van der Waals surface area contributed by atoms with Gasteiger partial charge in [0, 0.05) is 12.1 Å². The first-order chi connectivity index (χ1) is 12.4. The number of carbonyl (C=O) groups is 2. The fourth-order valence-corrected chi connectivity index (χ4v) is 2.91. The van der Waals surface area contributed by atoms with Crippen molar-refractivity contribution in [1.82, 2.24) is 4.90 Å². The van der Waals surface area contributed by atoms with Crippen LogP contribution in [0.4, 0.5) is 24.5 Å². The molecule has 1 aromatic carbocycles. The summed E-state index contributed by atoms with van der Waals surface area (Å²) >= 11 is 0. The van der Waals surface area contributed by atoms with Crippen LogP contribution in [-0.2, 0) is 19.4 Å². The van der Waals surface area contributed by atoms with Crippen LogP contribution in [0, 0.1) is 10.1 Å². The molecule has 0 spiro atoms. The lowest BCUT2D eigenvalue weighted by Gasteiger charge is -2.14. The third kappa shape index (κ3) is 3.75. The highest BCUT2D eigenvalue weighted by molar-refractivity contribution is 7.92. The summed E-state index contributed by atoms with van der Waals surface area (Å²) < 4.78 is 60.6. The highest BCUT2D eigenvalue weighted by atomic mass is 32.2. The second-order valence-corrected chi connectivity index (χ2v) is 7.03. The van der Waals surface area contributed by atoms with Crippen LogP contribution >= 0.6 is 0 Å². The smallest absolute Gasteiger partial charge is 0.395 e. The number of nitrogens with one attached hydrogen (secondary N) is 1. The first-order valence-corrected chi connectivity index (χ1v) is 8.43. The van der Waals surface area contributed by atoms with E-state index in [2.05, 4.69) is 5.32 Å². The van der Waals surface area contributed by atoms with E-state index in [0.717, 1.165) is 6.08 Å². The predicted octanol–water partition coefficient (Wildman–Crippen LogP) is 0.545. The number of hydrogen-bond donors (Lipinski definition) is 2. The second-order valence-electron chi connectivity index (χ2n) is 5.09. The second kappa shape index (κ2) is 6.96. The van der Waals surface area contributed by atoms with Crippen LogP contribution in [0.5, 0.6) is 0 Å². The first-order valence-electron chi connectivity index (χ1n) is 6.95. The number of nitrogens with zero attached hydrogens (tertiary/aromatic N) is 2. The van der Waals surface area contributed by atoms with E-state index < -0.39 is 60.7 Å². The SMILES string of the molecule is O=C1C=C(Nc2ccc(S(=O)(=O)C(F)(F)F)cc2[N+](=O)[O-])C(=O)N1CCO. The Kier molecular flexibility index (Phi) is 5.23. The van der Waals surface area contributed by atoms with Crippen molar-refractivity contribution in [3.05, 3.63) is 40.1 Å². The Morgan fingerprint density at radius 2 is 1.89 bits per heavy atom. The maximum Gasteiger partial charge on any atom is 0.501 e. The summed E-state index contributed by atoms with van der Waals surface area (Å²) in [5.41, 5.74) is -7.64. The van der Waals surface area contributed by atoms with Gasteiger partial charge in [-0.05, 0) is 12.1 Å². The molecule has 10 nitrogen and oxygen atoms in total. The number of nitro groups is 1. The lowest BCUT2D eigenvalue weighted by molar-refractivity contribution is -0.384. The average molecular weight is 409 g/mol. The van der Waals surface area contributed by atoms with E-state index >= 15 is 0 Å². The van der Waals surface area contributed by atoms with Gasteiger partial charge in [-0.3, -0.25) is 24.6 Å². The van der Waals surface area contributed by atoms with Gasteiger partial charge in [-0.1, -0.05) is 0 Å². The van der Waals surface area contributed by atoms with Crippen LogP contribution in [-0.4, -0.2) is 53.8 Å². The maximum absolute atomic E-state index is 12.6. The van der Waals surface area contributed by atoms with Gasteiger partial charge in [0.15, 0.2) is 0 Å². The zero-order valence-electron chi connectivity index (χ0n) is 13.1. The molecule has 2 N–H and O–H groups in total. The molecule has 0 unspecified atom stereocenters. The van der Waals surface area contributed by atoms with Crippen LogP contribution in [0.1, 0.15) is 0 Å². The molecule has 146 valence electrons. The summed E-state index contributed by atoms with van der Waals surface area (Å²) in [5.74, 6) is -1.73. The van der Waals surface area contributed by atoms with E-state index in [4.69, 9.17) is 5.11 Å². The Hall–Kier alpha value is -3.00. The molecule has 0 aliphatic carbocycles. The molecule has 0 bridgehead atoms. The molecule has 0 atom stereocenters. The summed E-state index contributed by atoms with van der Waals surface area (Å²) in [6, 6.07) is 1.34. The molecule has 0 saturated carbocycles. The van der Waals surface area contributed by atoms with E-state index in [-0.39, 0.29) is 12.6 Å². The van der Waals surface area contributed by atoms with Gasteiger partial charge in [0.2, 0.25) is 0 Å². The van der Waals surface area contributed by atoms with Crippen molar-refractivity contribution < 1.29 is 41.2 Å². The fraction of sp³-hybridized carbons (Fsp3) is 0.231. The van der Waals surface area contributed by atoms with Gasteiger partial charge < -0.3 is 10.4 Å². The van der Waals surface area contributed by atoms with Gasteiger partial charge in [0.1, 0.15) is 11.4 Å². The molecular weight excluding hydrogens is 399 g/mol. The van der Waals surface area contributed by atoms with Crippen LogP contribution < -0.4 is 5.32 Å². The molecule has 27 heavy (non-hydrogen) atoms. The zero-order valence-corrected chi connectivity index (χ0v) is 13.9. The van der Waals surface area contributed by atoms with E-state index in [0.29, 0.717) is 17.0 Å². The van der Waals surface area contributed by atoms with Crippen LogP contribution in [0.25, 0.3) is 0 Å². The Morgan fingerprint density at radius 1 is 1.26 bits per heavy atom. The Balaban J connectivity index is 2.43. The number of imide groups is 1. The molecule has 2 rings (SSSR count). The van der Waals surface area contributed by atoms with E-state index in [1.807, 2.05) is 0 Å². The number of halogens is 3. The van der Waals surface area contributed by atoms with Gasteiger partial charge in [-0.2, -0.15) is 13.2 Å². The largest absolute Gasteiger partial charge is 0.501 e. The van der Waals surface area contributed by atoms with E-state index in [9.17, 15) is 41.3 Å². The minimum atomic E-state index is -5.82. The van der Waals surface area contributed by atoms with Gasteiger partial charge in [-0.25, -0.2) is 8.42 Å². The number of benzene rings is 1. The number of aliphatic hydroxyl groups excluding tert-OH is 1. The molecular formula is C13H10F3N3O7S. The Morgan fingerprint density at radius 3 is 2.41 bits per heavy atom. The third-order valence-corrected chi connectivity index (χ3v) is 4.87. The number of nitro benzene ring substituents is 1. The summed E-state index contributed by atoms with van der Waals surface area (Å²) in [7, 11) is -5.82. The fourth-order valence-electron chi connectivity index (χ4n) is 2.12. The van der Waals surface area contributed by atoms with Crippen molar-refractivity contribution in [1.29, 1.82) is 0 Å². The first kappa shape index (κ1) is 20.3. The number of amides is 2. The molecule has 0 radical (unpaired) electrons. The lowest BCUT2D eigenvalue weighted by Crippen LogP contribution is -2.34. The van der Waals surface area contributed by atoms with Crippen molar-refractivity contribution in [2.45, 2.75) is 10.4 Å². The van der Waals surface area contributed by atoms with Crippen molar-refractivity contribution in [3.8, 4) is 0 Å². The summed E-state index contributed by atoms with van der Waals surface area (Å²) in [6.45, 7) is -0.854. The van der Waals surface area contributed by atoms with Crippen LogP contribution in [0.3, 0.4) is 0 Å². The highest BCUT2D eigenvalue weighted by Gasteiger charge is 2.47. The number of β-amino-alcohol motifs (C(OH)–C–C–N with tert-alkyl or cyclic N) is 1. The van der Waals surface area contributed by atoms with Crippen molar-refractivity contribution in [2.24, 2.45) is 0 Å². The van der Waals surface area contributed by atoms with Gasteiger partial charge in [0.25, 0.3) is 27.3 Å². The zero-order chi connectivity index (χ0) is 20.6. The topological polar surface area (TPSA) is 147 Å². The number of alkyl halides is 3. The van der Waals surface area contributed by atoms with Crippen LogP contribution in [0.2, 0.25) is 0 Å². The molecule has 0 saturated heterocycles. The van der Waals surface area contributed by atoms with Crippen LogP contribution in [0.15, 0.2) is 34.9 Å². The van der Waals surface area contributed by atoms with Crippen molar-refractivity contribution in [3.63, 3.8) is 0 Å². The molecule has 1 aliphatic heterocycles. The number of anilines is 1. The molecule has 2 amide bonds. The summed E-state index contributed by atoms with van der Waals surface area (Å²) in [6.07, 6.45) is 0.780. The monoisotopic (exact) mass is 409 g/mol. The molecule has 0 fully saturated rings. The molecule has 1 aliphatic rings. The summed E-state index contributed by atoms with van der Waals surface area (Å²) in [5, 5.41) is 22.1. The van der Waals surface area contributed by atoms with Gasteiger partial charge in [0.05, 0.1) is 23.0 Å². The van der Waals surface area contributed by atoms with Crippen molar-refractivity contribution in [2.75, 3.05) is 18.5 Å². The number of hydrogen-bond acceptors (Lipinski definition) is 8. The Bertz CT molecular complexity index is 956. The average Bonchev–Trinajstić information content (AvgIpc) is 2.81. The number of rotatable bonds is 6. The molecule has 1 aromatic rings. The number of aliphatic hydroxyl groups is 1.